The second kappa shape index (κ2) is 8.30. The van der Waals surface area contributed by atoms with Crippen LogP contribution in [0, 0.1) is 0 Å². The van der Waals surface area contributed by atoms with Gasteiger partial charge < -0.3 is 14.4 Å². The first-order valence-electron chi connectivity index (χ1n) is 10.7. The number of Topliss-reactive ketones (excluding diaryl/α,β-unsaturated/α-hetero) is 1. The zero-order valence-electron chi connectivity index (χ0n) is 17.2. The van der Waals surface area contributed by atoms with Crippen LogP contribution in [0.1, 0.15) is 54.3 Å². The van der Waals surface area contributed by atoms with Crippen LogP contribution in [0.5, 0.6) is 0 Å². The highest BCUT2D eigenvalue weighted by Gasteiger charge is 2.47. The predicted molar refractivity (Wildman–Crippen MR) is 123 cm³/mol. The van der Waals surface area contributed by atoms with E-state index in [1.807, 2.05) is 0 Å². The third-order valence-electron chi connectivity index (χ3n) is 6.34. The van der Waals surface area contributed by atoms with E-state index < -0.39 is 23.5 Å². The van der Waals surface area contributed by atoms with Crippen LogP contribution in [0.2, 0.25) is 10.0 Å². The number of hydrogen-bond donors (Lipinski definition) is 1. The molecule has 1 atom stereocenters. The monoisotopic (exact) mass is 469 g/mol. The van der Waals surface area contributed by atoms with Crippen molar-refractivity contribution in [2.45, 2.75) is 44.2 Å². The van der Waals surface area contributed by atoms with Crippen molar-refractivity contribution in [3.63, 3.8) is 0 Å². The Hall–Kier alpha value is -2.76. The molecule has 2 aromatic carbocycles. The van der Waals surface area contributed by atoms with Gasteiger partial charge >= 0.3 is 0 Å². The van der Waals surface area contributed by atoms with E-state index in [9.17, 15) is 14.7 Å². The number of aliphatic hydroxyl groups is 1. The van der Waals surface area contributed by atoms with Crippen molar-refractivity contribution < 1.29 is 19.1 Å². The number of carbonyl (C=O) groups is 2. The third-order valence-corrected chi connectivity index (χ3v) is 6.83. The number of nitrogens with zero attached hydrogens (tertiary/aromatic N) is 1. The Morgan fingerprint density at radius 2 is 1.66 bits per heavy atom. The van der Waals surface area contributed by atoms with Gasteiger partial charge in [-0.2, -0.15) is 0 Å². The standard InChI is InChI=1S/C25H21Cl2NO4/c26-16-8-6-14(7-9-16)22-21(24(30)25(31)28(22)18-4-2-1-3-5-18)23(29)20-13-15-12-17(27)10-11-19(15)32-20/h6-13,18,22,30H,1-5H2. The zero-order valence-corrected chi connectivity index (χ0v) is 18.7. The minimum Gasteiger partial charge on any atom is -0.503 e. The molecule has 0 radical (unpaired) electrons. The molecule has 1 aliphatic carbocycles. The number of rotatable bonds is 4. The van der Waals surface area contributed by atoms with Gasteiger partial charge in [0.1, 0.15) is 5.58 Å². The quantitative estimate of drug-likeness (QED) is 0.434. The van der Waals surface area contributed by atoms with Crippen molar-refractivity contribution in [1.29, 1.82) is 0 Å². The molecule has 1 fully saturated rings. The highest BCUT2D eigenvalue weighted by molar-refractivity contribution is 6.31. The van der Waals surface area contributed by atoms with Crippen molar-refractivity contribution in [1.82, 2.24) is 4.90 Å². The molecular formula is C25H21Cl2NO4. The van der Waals surface area contributed by atoms with Gasteiger partial charge in [-0.05, 0) is 54.8 Å². The summed E-state index contributed by atoms with van der Waals surface area (Å²) in [5.41, 5.74) is 1.27. The summed E-state index contributed by atoms with van der Waals surface area (Å²) < 4.78 is 5.76. The summed E-state index contributed by atoms with van der Waals surface area (Å²) in [6.45, 7) is 0. The van der Waals surface area contributed by atoms with E-state index >= 15 is 0 Å². The van der Waals surface area contributed by atoms with Gasteiger partial charge in [0.2, 0.25) is 5.78 Å². The fraction of sp³-hybridized carbons (Fsp3) is 0.280. The first kappa shape index (κ1) is 21.1. The lowest BCUT2D eigenvalue weighted by Gasteiger charge is -2.36. The lowest BCUT2D eigenvalue weighted by atomic mass is 9.90. The molecule has 7 heteroatoms. The van der Waals surface area contributed by atoms with Crippen molar-refractivity contribution in [3.8, 4) is 0 Å². The number of benzene rings is 2. The topological polar surface area (TPSA) is 70.8 Å². The number of hydrogen-bond acceptors (Lipinski definition) is 4. The number of halogens is 2. The van der Waals surface area contributed by atoms with Crippen LogP contribution in [0.25, 0.3) is 11.0 Å². The molecule has 164 valence electrons. The molecule has 0 bridgehead atoms. The van der Waals surface area contributed by atoms with Gasteiger partial charge in [0.15, 0.2) is 11.5 Å². The Bertz CT molecular complexity index is 1240. The summed E-state index contributed by atoms with van der Waals surface area (Å²) in [5, 5.41) is 12.6. The molecule has 32 heavy (non-hydrogen) atoms. The fourth-order valence-corrected chi connectivity index (χ4v) is 5.13. The van der Waals surface area contributed by atoms with Gasteiger partial charge in [0.25, 0.3) is 5.91 Å². The third kappa shape index (κ3) is 3.59. The molecule has 2 heterocycles. The normalized spacial score (nSPS) is 19.9. The van der Waals surface area contributed by atoms with E-state index in [-0.39, 0.29) is 17.4 Å². The maximum atomic E-state index is 13.6. The summed E-state index contributed by atoms with van der Waals surface area (Å²) in [7, 11) is 0. The smallest absolute Gasteiger partial charge is 0.290 e. The molecule has 0 spiro atoms. The second-order valence-electron chi connectivity index (χ2n) is 8.34. The highest BCUT2D eigenvalue weighted by atomic mass is 35.5. The van der Waals surface area contributed by atoms with Crippen molar-refractivity contribution >= 4 is 45.9 Å². The highest BCUT2D eigenvalue weighted by Crippen LogP contribution is 2.43. The average molecular weight is 470 g/mol. The first-order valence-corrected chi connectivity index (χ1v) is 11.4. The van der Waals surface area contributed by atoms with Crippen LogP contribution in [0.15, 0.2) is 64.3 Å². The van der Waals surface area contributed by atoms with Crippen LogP contribution in [0.4, 0.5) is 0 Å². The van der Waals surface area contributed by atoms with Gasteiger partial charge in [0.05, 0.1) is 11.6 Å². The molecule has 1 N–H and O–H groups in total. The summed E-state index contributed by atoms with van der Waals surface area (Å²) >= 11 is 12.1. The van der Waals surface area contributed by atoms with Crippen LogP contribution in [0.3, 0.4) is 0 Å². The van der Waals surface area contributed by atoms with Crippen molar-refractivity contribution in [2.75, 3.05) is 0 Å². The Morgan fingerprint density at radius 1 is 0.969 bits per heavy atom. The van der Waals surface area contributed by atoms with E-state index in [2.05, 4.69) is 0 Å². The maximum absolute atomic E-state index is 13.6. The largest absolute Gasteiger partial charge is 0.503 e. The van der Waals surface area contributed by atoms with Gasteiger partial charge in [0, 0.05) is 21.5 Å². The molecular weight excluding hydrogens is 449 g/mol. The Balaban J connectivity index is 1.60. The summed E-state index contributed by atoms with van der Waals surface area (Å²) in [6, 6.07) is 13.0. The average Bonchev–Trinajstić information content (AvgIpc) is 3.33. The molecule has 1 saturated carbocycles. The lowest BCUT2D eigenvalue weighted by molar-refractivity contribution is -0.132. The SMILES string of the molecule is O=C(C1=C(O)C(=O)N(C2CCCCC2)C1c1ccc(Cl)cc1)c1cc2cc(Cl)ccc2o1. The van der Waals surface area contributed by atoms with E-state index in [4.69, 9.17) is 27.6 Å². The van der Waals surface area contributed by atoms with Gasteiger partial charge in [-0.3, -0.25) is 9.59 Å². The molecule has 1 amide bonds. The minimum absolute atomic E-state index is 0.0352. The molecule has 3 aromatic rings. The van der Waals surface area contributed by atoms with Crippen LogP contribution in [-0.2, 0) is 4.79 Å². The fourth-order valence-electron chi connectivity index (χ4n) is 4.82. The summed E-state index contributed by atoms with van der Waals surface area (Å²) in [6.07, 6.45) is 4.82. The van der Waals surface area contributed by atoms with E-state index in [0.717, 1.165) is 37.7 Å². The number of carbonyl (C=O) groups excluding carboxylic acids is 2. The van der Waals surface area contributed by atoms with Crippen LogP contribution >= 0.6 is 23.2 Å². The van der Waals surface area contributed by atoms with Gasteiger partial charge in [-0.25, -0.2) is 0 Å². The first-order chi connectivity index (χ1) is 15.4. The number of ketones is 1. The number of aliphatic hydroxyl groups excluding tert-OH is 1. The second-order valence-corrected chi connectivity index (χ2v) is 9.22. The van der Waals surface area contributed by atoms with E-state index in [1.54, 1.807) is 53.4 Å². The Labute approximate surface area is 195 Å². The molecule has 1 aliphatic heterocycles. The lowest BCUT2D eigenvalue weighted by Crippen LogP contribution is -2.41. The number of furan rings is 1. The summed E-state index contributed by atoms with van der Waals surface area (Å²) in [4.78, 5) is 28.5. The summed E-state index contributed by atoms with van der Waals surface area (Å²) in [5.74, 6) is -1.49. The molecule has 1 unspecified atom stereocenters. The van der Waals surface area contributed by atoms with Gasteiger partial charge in [-0.15, -0.1) is 0 Å². The predicted octanol–water partition coefficient (Wildman–Crippen LogP) is 6.65. The minimum atomic E-state index is -0.702. The number of amides is 1. The van der Waals surface area contributed by atoms with Crippen LogP contribution < -0.4 is 0 Å². The molecule has 1 aromatic heterocycles. The molecule has 0 saturated heterocycles. The Kier molecular flexibility index (Phi) is 5.48. The molecule has 5 nitrogen and oxygen atoms in total. The van der Waals surface area contributed by atoms with Gasteiger partial charge in [-0.1, -0.05) is 54.6 Å². The molecule has 5 rings (SSSR count). The number of fused-ring (bicyclic) bond motifs is 1. The maximum Gasteiger partial charge on any atom is 0.290 e. The van der Waals surface area contributed by atoms with Crippen LogP contribution in [-0.4, -0.2) is 27.7 Å². The van der Waals surface area contributed by atoms with E-state index in [0.29, 0.717) is 21.0 Å². The van der Waals surface area contributed by atoms with E-state index in [1.165, 1.54) is 0 Å². The Morgan fingerprint density at radius 3 is 2.38 bits per heavy atom. The van der Waals surface area contributed by atoms with Crippen molar-refractivity contribution in [2.24, 2.45) is 0 Å². The zero-order chi connectivity index (χ0) is 22.4. The molecule has 2 aliphatic rings. The van der Waals surface area contributed by atoms with Crippen molar-refractivity contribution in [3.05, 3.63) is 81.2 Å².